The number of hydrogen-bond donors (Lipinski definition) is 0. The maximum atomic E-state index is 10.8. The molecule has 13 rings (SSSR count). The lowest BCUT2D eigenvalue weighted by Crippen LogP contribution is -2.61. The van der Waals surface area contributed by atoms with Gasteiger partial charge in [-0.3, -0.25) is 0 Å². The summed E-state index contributed by atoms with van der Waals surface area (Å²) in [6.07, 6.45) is 0. The quantitative estimate of drug-likeness (QED) is 0.158. The van der Waals surface area contributed by atoms with Gasteiger partial charge in [-0.05, 0) is 88.6 Å². The number of aromatic nitrogens is 1. The van der Waals surface area contributed by atoms with Gasteiger partial charge in [-0.1, -0.05) is 87.5 Å². The van der Waals surface area contributed by atoms with Crippen LogP contribution in [-0.2, 0) is 5.41 Å². The largest absolute Gasteiger partial charge is 0.468 e. The highest BCUT2D eigenvalue weighted by Gasteiger charge is 2.49. The molecule has 0 saturated heterocycles. The molecule has 7 aromatic carbocycles. The lowest BCUT2D eigenvalue weighted by Gasteiger charge is -2.44. The van der Waals surface area contributed by atoms with E-state index in [-0.39, 0.29) is 12.1 Å². The predicted molar refractivity (Wildman–Crippen MR) is 234 cm³/mol. The molecule has 3 aliphatic heterocycles. The van der Waals surface area contributed by atoms with Crippen LogP contribution in [0.25, 0.3) is 58.6 Å². The first-order valence-corrected chi connectivity index (χ1v) is 20.0. The molecular weight excluding hydrogens is 703 g/mol. The van der Waals surface area contributed by atoms with Crippen molar-refractivity contribution in [3.05, 3.63) is 145 Å². The van der Waals surface area contributed by atoms with Crippen LogP contribution in [0.2, 0.25) is 0 Å². The van der Waals surface area contributed by atoms with E-state index in [9.17, 15) is 5.26 Å². The van der Waals surface area contributed by atoms with Gasteiger partial charge in [0, 0.05) is 53.4 Å². The van der Waals surface area contributed by atoms with Crippen molar-refractivity contribution in [1.29, 1.82) is 5.26 Å². The summed E-state index contributed by atoms with van der Waals surface area (Å²) in [5.74, 6) is 0. The average molecular weight is 735 g/mol. The third-order valence-electron chi connectivity index (χ3n) is 12.4. The van der Waals surface area contributed by atoms with E-state index in [0.29, 0.717) is 5.56 Å². The third-order valence-corrected chi connectivity index (χ3v) is 13.6. The summed E-state index contributed by atoms with van der Waals surface area (Å²) in [5, 5.41) is 16.8. The fourth-order valence-electron chi connectivity index (χ4n) is 10.0. The zero-order valence-corrected chi connectivity index (χ0v) is 31.7. The Kier molecular flexibility index (Phi) is 5.63. The van der Waals surface area contributed by atoms with Gasteiger partial charge in [0.05, 0.1) is 51.1 Å². The summed E-state index contributed by atoms with van der Waals surface area (Å²) >= 11 is 1.83. The topological polar surface area (TPSA) is 48.3 Å². The lowest BCUT2D eigenvalue weighted by molar-refractivity contribution is 0.590. The van der Waals surface area contributed by atoms with E-state index in [2.05, 4.69) is 175 Å². The zero-order chi connectivity index (χ0) is 37.2. The fourth-order valence-corrected chi connectivity index (χ4v) is 11.1. The van der Waals surface area contributed by atoms with E-state index in [1.165, 1.54) is 53.0 Å². The molecule has 0 radical (unpaired) electrons. The molecule has 0 N–H and O–H groups in total. The maximum Gasteiger partial charge on any atom is 0.297 e. The molecule has 0 spiro atoms. The first-order valence-electron chi connectivity index (χ1n) is 19.2. The van der Waals surface area contributed by atoms with Gasteiger partial charge in [0.25, 0.3) is 6.71 Å². The van der Waals surface area contributed by atoms with E-state index in [0.717, 1.165) is 61.9 Å². The van der Waals surface area contributed by atoms with Crippen LogP contribution >= 0.6 is 11.3 Å². The molecular formula is C49H31BN4OS. The van der Waals surface area contributed by atoms with E-state index in [1.54, 1.807) is 0 Å². The van der Waals surface area contributed by atoms with Gasteiger partial charge in [-0.25, -0.2) is 0 Å². The first-order chi connectivity index (χ1) is 27.4. The highest BCUT2D eigenvalue weighted by molar-refractivity contribution is 7.25. The summed E-state index contributed by atoms with van der Waals surface area (Å²) in [5.41, 5.74) is 15.8. The molecule has 0 saturated carbocycles. The van der Waals surface area contributed by atoms with E-state index in [1.807, 2.05) is 11.3 Å². The Morgan fingerprint density at radius 2 is 1.38 bits per heavy atom. The molecule has 0 fully saturated rings. The van der Waals surface area contributed by atoms with Crippen molar-refractivity contribution in [2.75, 3.05) is 9.80 Å². The SMILES string of the molecule is CC(C)(C)c1ccc2oc3c(c2c1)N(c1ccc2sc4ccccc4c2c1)c1cc(C#N)cc2c1B3c1cccc3c1N2c1cccc2c4ccccc4n-3c12. The standard InChI is InChI=1S/C49H31BN4OS/c1-49(2,3)28-18-20-41-34(24-28)46-48(55-41)50-35-13-9-16-38-47(35)54(37-15-8-12-32-30-10-4-6-14-36(30)53(38)45(32)37)40-23-27(26-51)22-39(44(40)50)52(46)29-19-21-43-33(25-29)31-11-5-7-17-42(31)56-43/h4-25H,1-3H3. The van der Waals surface area contributed by atoms with Crippen molar-refractivity contribution in [2.45, 2.75) is 26.2 Å². The fraction of sp³-hybridized carbons (Fsp3) is 0.0816. The van der Waals surface area contributed by atoms with Gasteiger partial charge in [0.1, 0.15) is 5.58 Å². The molecule has 5 nitrogen and oxygen atoms in total. The van der Waals surface area contributed by atoms with E-state index in [4.69, 9.17) is 4.42 Å². The van der Waals surface area contributed by atoms with Gasteiger partial charge >= 0.3 is 0 Å². The van der Waals surface area contributed by atoms with Gasteiger partial charge in [-0.2, -0.15) is 5.26 Å². The number of benzene rings is 7. The van der Waals surface area contributed by atoms with Crippen LogP contribution in [0, 0.1) is 11.3 Å². The molecule has 0 aliphatic carbocycles. The first kappa shape index (κ1) is 30.6. The van der Waals surface area contributed by atoms with E-state index < -0.39 is 0 Å². The average Bonchev–Trinajstić information content (AvgIpc) is 3.90. The highest BCUT2D eigenvalue weighted by atomic mass is 32.1. The molecule has 0 unspecified atom stereocenters. The summed E-state index contributed by atoms with van der Waals surface area (Å²) in [4.78, 5) is 4.83. The molecule has 3 aliphatic rings. The normalized spacial score (nSPS) is 13.9. The second-order valence-corrected chi connectivity index (χ2v) is 17.5. The number of anilines is 6. The summed E-state index contributed by atoms with van der Waals surface area (Å²) in [6, 6.07) is 51.1. The Bertz CT molecular complexity index is 3470. The molecule has 56 heavy (non-hydrogen) atoms. The van der Waals surface area contributed by atoms with Crippen LogP contribution in [0.4, 0.5) is 34.1 Å². The number of rotatable bonds is 1. The van der Waals surface area contributed by atoms with Crippen LogP contribution in [-0.4, -0.2) is 11.3 Å². The number of nitrogens with zero attached hydrogens (tertiary/aromatic N) is 4. The maximum absolute atomic E-state index is 10.8. The Hall–Kier alpha value is -6.75. The Morgan fingerprint density at radius 1 is 0.625 bits per heavy atom. The van der Waals surface area contributed by atoms with Crippen molar-refractivity contribution in [3.63, 3.8) is 0 Å². The Labute approximate surface area is 326 Å². The van der Waals surface area contributed by atoms with Crippen molar-refractivity contribution >= 4 is 122 Å². The number of fused-ring (bicyclic) bond motifs is 14. The third kappa shape index (κ3) is 3.70. The van der Waals surface area contributed by atoms with Crippen LogP contribution in [0.3, 0.4) is 0 Å². The number of para-hydroxylation sites is 3. The Morgan fingerprint density at radius 3 is 2.23 bits per heavy atom. The van der Waals surface area contributed by atoms with Crippen molar-refractivity contribution in [2.24, 2.45) is 0 Å². The van der Waals surface area contributed by atoms with Crippen LogP contribution < -0.4 is 26.4 Å². The van der Waals surface area contributed by atoms with Crippen molar-refractivity contribution < 1.29 is 4.42 Å². The lowest BCUT2D eigenvalue weighted by atomic mass is 9.35. The Balaban J connectivity index is 1.19. The van der Waals surface area contributed by atoms with Gasteiger partial charge in [0.15, 0.2) is 0 Å². The smallest absolute Gasteiger partial charge is 0.297 e. The number of furan rings is 1. The minimum atomic E-state index is -0.205. The molecule has 0 amide bonds. The summed E-state index contributed by atoms with van der Waals surface area (Å²) < 4.78 is 12.2. The molecule has 7 heteroatoms. The van der Waals surface area contributed by atoms with Gasteiger partial charge < -0.3 is 18.8 Å². The number of thiophene rings is 1. The number of hydrogen-bond acceptors (Lipinski definition) is 5. The van der Waals surface area contributed by atoms with Crippen molar-refractivity contribution in [3.8, 4) is 11.8 Å². The summed E-state index contributed by atoms with van der Waals surface area (Å²) in [6.45, 7) is 6.59. The predicted octanol–water partition coefficient (Wildman–Crippen LogP) is 11.5. The summed E-state index contributed by atoms with van der Waals surface area (Å²) in [7, 11) is 0. The van der Waals surface area contributed by atoms with E-state index >= 15 is 0 Å². The monoisotopic (exact) mass is 734 g/mol. The second kappa shape index (κ2) is 10.3. The minimum Gasteiger partial charge on any atom is -0.468 e. The van der Waals surface area contributed by atoms with Crippen LogP contribution in [0.5, 0.6) is 0 Å². The van der Waals surface area contributed by atoms with Gasteiger partial charge in [0.2, 0.25) is 0 Å². The molecule has 0 atom stereocenters. The molecule has 6 heterocycles. The molecule has 10 aromatic rings. The molecule has 0 bridgehead atoms. The second-order valence-electron chi connectivity index (χ2n) is 16.4. The van der Waals surface area contributed by atoms with Crippen LogP contribution in [0.15, 0.2) is 138 Å². The molecule has 3 aromatic heterocycles. The highest BCUT2D eigenvalue weighted by Crippen LogP contribution is 2.53. The van der Waals surface area contributed by atoms with Crippen molar-refractivity contribution in [1.82, 2.24) is 4.57 Å². The minimum absolute atomic E-state index is 0.0620. The zero-order valence-electron chi connectivity index (χ0n) is 30.9. The number of nitriles is 1. The van der Waals surface area contributed by atoms with Gasteiger partial charge in [-0.15, -0.1) is 11.3 Å². The molecule has 262 valence electrons. The van der Waals surface area contributed by atoms with Crippen LogP contribution in [0.1, 0.15) is 31.9 Å².